The maximum absolute atomic E-state index is 13.7. The summed E-state index contributed by atoms with van der Waals surface area (Å²) < 4.78 is 36.2. The molecule has 4 aliphatic rings. The molecule has 4 heterocycles. The van der Waals surface area contributed by atoms with Crippen molar-refractivity contribution in [2.45, 2.75) is 115 Å². The molecule has 1 aromatic carbocycles. The molecule has 4 saturated heterocycles. The van der Waals surface area contributed by atoms with Crippen molar-refractivity contribution in [3.05, 3.63) is 35.9 Å². The lowest BCUT2D eigenvalue weighted by Gasteiger charge is -2.39. The minimum atomic E-state index is -1.05. The number of amides is 3. The number of hydrogen-bond donors (Lipinski definition) is 0. The standard InChI is InChI=1S/C28H38N2O9/c1-26(2,3)30-23(32)17(13-19(31)34-15-16-11-9-8-10-12-16)29(25(30)33)14-18-20-21(37-27(4,5)36-20)22-24(35-18)39-28(6,7)38-22/h8-12,17-18,20-22,24H,13-15H2,1-7H3/t17-,18-,20+,21+,22-,24-/m1/s1. The van der Waals surface area contributed by atoms with Crippen molar-refractivity contribution >= 4 is 17.9 Å². The molecular formula is C28H38N2O9. The van der Waals surface area contributed by atoms with E-state index in [1.54, 1.807) is 48.5 Å². The fourth-order valence-corrected chi connectivity index (χ4v) is 5.65. The summed E-state index contributed by atoms with van der Waals surface area (Å²) in [6, 6.07) is 7.71. The Bertz CT molecular complexity index is 1120. The fraction of sp³-hybridized carbons (Fsp3) is 0.679. The zero-order valence-electron chi connectivity index (χ0n) is 23.5. The predicted molar refractivity (Wildman–Crippen MR) is 136 cm³/mol. The van der Waals surface area contributed by atoms with Crippen molar-refractivity contribution in [2.24, 2.45) is 0 Å². The number of ether oxygens (including phenoxy) is 6. The third-order valence-corrected chi connectivity index (χ3v) is 7.22. The Hall–Kier alpha value is -2.57. The van der Waals surface area contributed by atoms with E-state index in [-0.39, 0.29) is 19.6 Å². The molecule has 39 heavy (non-hydrogen) atoms. The first-order valence-corrected chi connectivity index (χ1v) is 13.4. The van der Waals surface area contributed by atoms with Gasteiger partial charge in [0, 0.05) is 5.54 Å². The van der Waals surface area contributed by atoms with Crippen LogP contribution < -0.4 is 0 Å². The molecule has 3 amide bonds. The lowest BCUT2D eigenvalue weighted by atomic mass is 9.98. The van der Waals surface area contributed by atoms with Crippen molar-refractivity contribution in [3.63, 3.8) is 0 Å². The summed E-state index contributed by atoms with van der Waals surface area (Å²) in [5, 5.41) is 0. The lowest BCUT2D eigenvalue weighted by molar-refractivity contribution is -0.235. The Morgan fingerprint density at radius 1 is 0.923 bits per heavy atom. The van der Waals surface area contributed by atoms with Gasteiger partial charge in [-0.3, -0.25) is 14.5 Å². The molecule has 0 radical (unpaired) electrons. The van der Waals surface area contributed by atoms with E-state index in [0.29, 0.717) is 0 Å². The van der Waals surface area contributed by atoms with Crippen LogP contribution >= 0.6 is 0 Å². The average Bonchev–Trinajstić information content (AvgIpc) is 3.40. The first-order valence-electron chi connectivity index (χ1n) is 13.4. The minimum Gasteiger partial charge on any atom is -0.461 e. The average molecular weight is 547 g/mol. The number of imide groups is 1. The molecule has 0 unspecified atom stereocenters. The maximum Gasteiger partial charge on any atom is 0.328 e. The quantitative estimate of drug-likeness (QED) is 0.393. The van der Waals surface area contributed by atoms with Crippen LogP contribution in [0.25, 0.3) is 0 Å². The second-order valence-corrected chi connectivity index (χ2v) is 12.4. The van der Waals surface area contributed by atoms with Gasteiger partial charge in [0.2, 0.25) is 0 Å². The molecule has 0 N–H and O–H groups in total. The minimum absolute atomic E-state index is 0.0125. The Balaban J connectivity index is 1.37. The van der Waals surface area contributed by atoms with Crippen molar-refractivity contribution in [2.75, 3.05) is 6.54 Å². The van der Waals surface area contributed by atoms with Crippen molar-refractivity contribution in [3.8, 4) is 0 Å². The number of fused-ring (bicyclic) bond motifs is 3. The Labute approximate surface area is 228 Å². The van der Waals surface area contributed by atoms with Gasteiger partial charge in [-0.2, -0.15) is 0 Å². The van der Waals surface area contributed by atoms with E-state index in [4.69, 9.17) is 28.4 Å². The fourth-order valence-electron chi connectivity index (χ4n) is 5.65. The number of esters is 1. The van der Waals surface area contributed by atoms with Gasteiger partial charge in [0.1, 0.15) is 37.1 Å². The highest BCUT2D eigenvalue weighted by Crippen LogP contribution is 2.44. The first-order chi connectivity index (χ1) is 18.2. The van der Waals surface area contributed by atoms with Crippen LogP contribution in [-0.4, -0.2) is 88.1 Å². The molecule has 0 saturated carbocycles. The molecule has 0 aromatic heterocycles. The van der Waals surface area contributed by atoms with Gasteiger partial charge in [0.05, 0.1) is 13.0 Å². The zero-order chi connectivity index (χ0) is 28.3. The van der Waals surface area contributed by atoms with Crippen molar-refractivity contribution < 1.29 is 42.8 Å². The van der Waals surface area contributed by atoms with Crippen LogP contribution in [0.3, 0.4) is 0 Å². The third kappa shape index (κ3) is 5.55. The number of benzene rings is 1. The van der Waals surface area contributed by atoms with Crippen LogP contribution in [0.15, 0.2) is 30.3 Å². The Morgan fingerprint density at radius 3 is 2.21 bits per heavy atom. The molecular weight excluding hydrogens is 508 g/mol. The molecule has 0 aliphatic carbocycles. The van der Waals surface area contributed by atoms with Gasteiger partial charge in [-0.15, -0.1) is 0 Å². The van der Waals surface area contributed by atoms with Gasteiger partial charge >= 0.3 is 12.0 Å². The maximum atomic E-state index is 13.7. The molecule has 11 nitrogen and oxygen atoms in total. The topological polar surface area (TPSA) is 113 Å². The van der Waals surface area contributed by atoms with Gasteiger partial charge in [0.15, 0.2) is 17.9 Å². The molecule has 1 aromatic rings. The highest BCUT2D eigenvalue weighted by molar-refractivity contribution is 6.06. The van der Waals surface area contributed by atoms with E-state index in [9.17, 15) is 14.4 Å². The highest BCUT2D eigenvalue weighted by Gasteiger charge is 2.62. The van der Waals surface area contributed by atoms with E-state index in [1.807, 2.05) is 30.3 Å². The largest absolute Gasteiger partial charge is 0.461 e. The molecule has 11 heteroatoms. The summed E-state index contributed by atoms with van der Waals surface area (Å²) in [5.41, 5.74) is 0.0316. The lowest BCUT2D eigenvalue weighted by Crippen LogP contribution is -2.59. The Kier molecular flexibility index (Phi) is 7.04. The number of urea groups is 1. The number of carbonyl (C=O) groups excluding carboxylic acids is 3. The van der Waals surface area contributed by atoms with Gasteiger partial charge in [-0.1, -0.05) is 30.3 Å². The van der Waals surface area contributed by atoms with Crippen molar-refractivity contribution in [1.29, 1.82) is 0 Å². The van der Waals surface area contributed by atoms with E-state index < -0.39 is 71.8 Å². The van der Waals surface area contributed by atoms with Crippen LogP contribution in [0, 0.1) is 0 Å². The number of carbonyl (C=O) groups is 3. The molecule has 5 rings (SSSR count). The van der Waals surface area contributed by atoms with E-state index in [0.717, 1.165) is 5.56 Å². The van der Waals surface area contributed by atoms with Gasteiger partial charge in [-0.05, 0) is 54.0 Å². The normalized spacial score (nSPS) is 33.3. The first kappa shape index (κ1) is 28.0. The summed E-state index contributed by atoms with van der Waals surface area (Å²) >= 11 is 0. The van der Waals surface area contributed by atoms with Crippen LogP contribution in [0.5, 0.6) is 0 Å². The van der Waals surface area contributed by atoms with Crippen LogP contribution in [0.1, 0.15) is 60.5 Å². The summed E-state index contributed by atoms with van der Waals surface area (Å²) in [7, 11) is 0. The van der Waals surface area contributed by atoms with E-state index >= 15 is 0 Å². The Morgan fingerprint density at radius 2 is 1.54 bits per heavy atom. The summed E-state index contributed by atoms with van der Waals surface area (Å²) in [5.74, 6) is -2.84. The van der Waals surface area contributed by atoms with Gasteiger partial charge in [0.25, 0.3) is 5.91 Å². The highest BCUT2D eigenvalue weighted by atomic mass is 16.9. The second-order valence-electron chi connectivity index (χ2n) is 12.4. The van der Waals surface area contributed by atoms with Crippen LogP contribution in [0.4, 0.5) is 4.79 Å². The zero-order valence-corrected chi connectivity index (χ0v) is 23.5. The third-order valence-electron chi connectivity index (χ3n) is 7.22. The van der Waals surface area contributed by atoms with Gasteiger partial charge < -0.3 is 33.3 Å². The number of hydrogen-bond acceptors (Lipinski definition) is 9. The second kappa shape index (κ2) is 9.81. The molecule has 6 atom stereocenters. The smallest absolute Gasteiger partial charge is 0.328 e. The number of nitrogens with zero attached hydrogens (tertiary/aromatic N) is 2. The summed E-state index contributed by atoms with van der Waals surface area (Å²) in [4.78, 5) is 42.6. The molecule has 4 aliphatic heterocycles. The predicted octanol–water partition coefficient (Wildman–Crippen LogP) is 2.95. The molecule has 0 bridgehead atoms. The van der Waals surface area contributed by atoms with Crippen LogP contribution in [-0.2, 0) is 44.6 Å². The van der Waals surface area contributed by atoms with Crippen molar-refractivity contribution in [1.82, 2.24) is 9.80 Å². The van der Waals surface area contributed by atoms with E-state index in [1.165, 1.54) is 9.80 Å². The molecule has 4 fully saturated rings. The summed E-state index contributed by atoms with van der Waals surface area (Å²) in [6.07, 6.45) is -3.34. The molecule has 214 valence electrons. The summed E-state index contributed by atoms with van der Waals surface area (Å²) in [6.45, 7) is 12.6. The van der Waals surface area contributed by atoms with Crippen LogP contribution in [0.2, 0.25) is 0 Å². The van der Waals surface area contributed by atoms with Gasteiger partial charge in [-0.25, -0.2) is 4.79 Å². The monoisotopic (exact) mass is 546 g/mol. The van der Waals surface area contributed by atoms with E-state index in [2.05, 4.69) is 0 Å². The SMILES string of the molecule is CC1(C)O[C@H]2[C@@H](O1)[C@@H](CN1C(=O)N(C(C)(C)C)C(=O)[C@H]1CC(=O)OCc1ccccc1)O[C@@H]1OC(C)(C)O[C@@H]12. The molecule has 0 spiro atoms. The number of rotatable bonds is 6.